The summed E-state index contributed by atoms with van der Waals surface area (Å²) in [5.41, 5.74) is 0.480. The molecule has 0 fully saturated rings. The molecular weight excluding hydrogens is 156 g/mol. The maximum Gasteiger partial charge on any atom is 0.160 e. The molecule has 3 heteroatoms. The number of carbonyl (C=O) groups is 1. The number of aromatic hydroxyl groups is 1. The van der Waals surface area contributed by atoms with E-state index in [-0.39, 0.29) is 11.5 Å². The van der Waals surface area contributed by atoms with Gasteiger partial charge in [-0.15, -0.1) is 0 Å². The first-order valence-corrected chi connectivity index (χ1v) is 3.53. The largest absolute Gasteiger partial charge is 0.504 e. The van der Waals surface area contributed by atoms with Crippen LogP contribution in [-0.2, 0) is 0 Å². The van der Waals surface area contributed by atoms with E-state index in [0.29, 0.717) is 11.3 Å². The highest BCUT2D eigenvalue weighted by atomic mass is 16.5. The van der Waals surface area contributed by atoms with Gasteiger partial charge in [0.2, 0.25) is 0 Å². The van der Waals surface area contributed by atoms with Crippen LogP contribution in [0.1, 0.15) is 17.3 Å². The number of ether oxygens (including phenoxy) is 1. The first kappa shape index (κ1) is 8.59. The monoisotopic (exact) mass is 166 g/mol. The van der Waals surface area contributed by atoms with Gasteiger partial charge in [0.15, 0.2) is 17.3 Å². The second-order valence-corrected chi connectivity index (χ2v) is 2.44. The van der Waals surface area contributed by atoms with E-state index in [4.69, 9.17) is 4.74 Å². The highest BCUT2D eigenvalue weighted by molar-refractivity contribution is 5.94. The van der Waals surface area contributed by atoms with Crippen LogP contribution in [0.2, 0.25) is 0 Å². The lowest BCUT2D eigenvalue weighted by Crippen LogP contribution is -1.92. The molecule has 1 aromatic carbocycles. The first-order valence-electron chi connectivity index (χ1n) is 3.53. The molecule has 0 aliphatic rings. The first-order chi connectivity index (χ1) is 5.65. The van der Waals surface area contributed by atoms with Crippen molar-refractivity contribution in [2.75, 3.05) is 7.11 Å². The highest BCUT2D eigenvalue weighted by Crippen LogP contribution is 2.26. The zero-order valence-corrected chi connectivity index (χ0v) is 7.00. The molecule has 0 aromatic heterocycles. The van der Waals surface area contributed by atoms with Crippen LogP contribution in [0.5, 0.6) is 11.5 Å². The number of carbonyl (C=O) groups excluding carboxylic acids is 1. The zero-order valence-electron chi connectivity index (χ0n) is 7.00. The number of benzene rings is 1. The summed E-state index contributed by atoms with van der Waals surface area (Å²) >= 11 is 0. The molecule has 1 N–H and O–H groups in total. The van der Waals surface area contributed by atoms with Gasteiger partial charge in [-0.1, -0.05) is 0 Å². The summed E-state index contributed by atoms with van der Waals surface area (Å²) in [5.74, 6) is 0.290. The summed E-state index contributed by atoms with van der Waals surface area (Å²) in [6, 6.07) is 4.56. The third-order valence-corrected chi connectivity index (χ3v) is 1.59. The Morgan fingerprint density at radius 1 is 1.50 bits per heavy atom. The average molecular weight is 166 g/mol. The van der Waals surface area contributed by atoms with Crippen molar-refractivity contribution in [2.45, 2.75) is 6.92 Å². The van der Waals surface area contributed by atoms with Gasteiger partial charge in [0.25, 0.3) is 0 Å². The smallest absolute Gasteiger partial charge is 0.160 e. The quantitative estimate of drug-likeness (QED) is 0.679. The summed E-state index contributed by atoms with van der Waals surface area (Å²) in [5, 5.41) is 9.26. The Morgan fingerprint density at radius 2 is 2.17 bits per heavy atom. The van der Waals surface area contributed by atoms with Crippen molar-refractivity contribution in [1.82, 2.24) is 0 Å². The summed E-state index contributed by atoms with van der Waals surface area (Å²) in [6.45, 7) is 1.45. The Kier molecular flexibility index (Phi) is 2.33. The predicted octanol–water partition coefficient (Wildman–Crippen LogP) is 1.60. The minimum Gasteiger partial charge on any atom is -0.504 e. The summed E-state index contributed by atoms with van der Waals surface area (Å²) in [6.07, 6.45) is 0. The van der Waals surface area contributed by atoms with E-state index in [2.05, 4.69) is 0 Å². The van der Waals surface area contributed by atoms with Crippen LogP contribution in [0.25, 0.3) is 0 Å². The normalized spacial score (nSPS) is 9.50. The van der Waals surface area contributed by atoms with Crippen LogP contribution in [0.15, 0.2) is 18.2 Å². The lowest BCUT2D eigenvalue weighted by Gasteiger charge is -2.03. The van der Waals surface area contributed by atoms with Crippen molar-refractivity contribution in [3.8, 4) is 11.5 Å². The number of hydrogen-bond donors (Lipinski definition) is 1. The van der Waals surface area contributed by atoms with Gasteiger partial charge in [0, 0.05) is 5.56 Å². The van der Waals surface area contributed by atoms with Crippen molar-refractivity contribution in [3.05, 3.63) is 23.8 Å². The fraction of sp³-hybridized carbons (Fsp3) is 0.222. The summed E-state index contributed by atoms with van der Waals surface area (Å²) < 4.78 is 4.82. The summed E-state index contributed by atoms with van der Waals surface area (Å²) in [7, 11) is 1.46. The minimum atomic E-state index is -0.0760. The molecule has 0 saturated heterocycles. The van der Waals surface area contributed by atoms with Crippen molar-refractivity contribution >= 4 is 5.78 Å². The van der Waals surface area contributed by atoms with Crippen molar-refractivity contribution in [1.29, 1.82) is 0 Å². The number of methoxy groups -OCH3 is 1. The van der Waals surface area contributed by atoms with Gasteiger partial charge in [0.05, 0.1) is 7.11 Å². The van der Waals surface area contributed by atoms with Crippen LogP contribution in [0.4, 0.5) is 0 Å². The molecule has 0 unspecified atom stereocenters. The molecule has 64 valence electrons. The molecule has 0 saturated carbocycles. The molecule has 0 bridgehead atoms. The lowest BCUT2D eigenvalue weighted by molar-refractivity contribution is 0.101. The molecule has 0 aliphatic heterocycles. The van der Waals surface area contributed by atoms with Gasteiger partial charge in [-0.05, 0) is 25.1 Å². The van der Waals surface area contributed by atoms with E-state index in [1.807, 2.05) is 0 Å². The van der Waals surface area contributed by atoms with Crippen LogP contribution in [-0.4, -0.2) is 18.0 Å². The second kappa shape index (κ2) is 3.26. The van der Waals surface area contributed by atoms with Gasteiger partial charge in [-0.25, -0.2) is 0 Å². The molecule has 12 heavy (non-hydrogen) atoms. The maximum absolute atomic E-state index is 10.8. The number of ketones is 1. The van der Waals surface area contributed by atoms with E-state index >= 15 is 0 Å². The van der Waals surface area contributed by atoms with Crippen molar-refractivity contribution < 1.29 is 14.6 Å². The van der Waals surface area contributed by atoms with Crippen LogP contribution < -0.4 is 4.74 Å². The summed E-state index contributed by atoms with van der Waals surface area (Å²) in [4.78, 5) is 10.8. The number of phenolic OH excluding ortho intramolecular Hbond substituents is 1. The Morgan fingerprint density at radius 3 is 2.58 bits per heavy atom. The van der Waals surface area contributed by atoms with Crippen LogP contribution >= 0.6 is 0 Å². The van der Waals surface area contributed by atoms with Crippen LogP contribution in [0, 0.1) is 0 Å². The lowest BCUT2D eigenvalue weighted by atomic mass is 10.1. The van der Waals surface area contributed by atoms with E-state index in [9.17, 15) is 9.90 Å². The Balaban J connectivity index is 3.10. The zero-order chi connectivity index (χ0) is 9.14. The SMILES string of the molecule is COc1ccc(C(C)=O)cc1O. The highest BCUT2D eigenvalue weighted by Gasteiger charge is 2.04. The fourth-order valence-electron chi connectivity index (χ4n) is 0.909. The molecule has 1 rings (SSSR count). The van der Waals surface area contributed by atoms with Gasteiger partial charge in [-0.2, -0.15) is 0 Å². The molecule has 0 atom stereocenters. The van der Waals surface area contributed by atoms with E-state index < -0.39 is 0 Å². The molecule has 0 aliphatic carbocycles. The second-order valence-electron chi connectivity index (χ2n) is 2.44. The molecule has 0 heterocycles. The molecule has 0 spiro atoms. The van der Waals surface area contributed by atoms with Crippen LogP contribution in [0.3, 0.4) is 0 Å². The van der Waals surface area contributed by atoms with Gasteiger partial charge in [0.1, 0.15) is 0 Å². The van der Waals surface area contributed by atoms with E-state index in [1.54, 1.807) is 12.1 Å². The molecule has 0 amide bonds. The number of hydrogen-bond acceptors (Lipinski definition) is 3. The minimum absolute atomic E-state index is 0.00907. The van der Waals surface area contributed by atoms with Gasteiger partial charge in [-0.3, -0.25) is 4.79 Å². The third kappa shape index (κ3) is 1.56. The average Bonchev–Trinajstić information content (AvgIpc) is 2.04. The maximum atomic E-state index is 10.8. The Hall–Kier alpha value is -1.51. The Bertz CT molecular complexity index is 305. The van der Waals surface area contributed by atoms with Gasteiger partial charge < -0.3 is 9.84 Å². The number of rotatable bonds is 2. The van der Waals surface area contributed by atoms with E-state index in [0.717, 1.165) is 0 Å². The molecule has 1 aromatic rings. The Labute approximate surface area is 70.6 Å². The van der Waals surface area contributed by atoms with Gasteiger partial charge >= 0.3 is 0 Å². The molecule has 0 radical (unpaired) electrons. The standard InChI is InChI=1S/C9H10O3/c1-6(10)7-3-4-9(12-2)8(11)5-7/h3-5,11H,1-2H3. The number of phenols is 1. The third-order valence-electron chi connectivity index (χ3n) is 1.59. The predicted molar refractivity (Wildman–Crippen MR) is 44.7 cm³/mol. The topological polar surface area (TPSA) is 46.5 Å². The van der Waals surface area contributed by atoms with E-state index in [1.165, 1.54) is 20.1 Å². The fourth-order valence-corrected chi connectivity index (χ4v) is 0.909. The van der Waals surface area contributed by atoms with Crippen molar-refractivity contribution in [3.63, 3.8) is 0 Å². The molecular formula is C9H10O3. The van der Waals surface area contributed by atoms with Crippen molar-refractivity contribution in [2.24, 2.45) is 0 Å². The number of Topliss-reactive ketones (excluding diaryl/α,β-unsaturated/α-hetero) is 1. The molecule has 3 nitrogen and oxygen atoms in total.